The minimum Gasteiger partial charge on any atom is -0.481 e. The second-order valence-electron chi connectivity index (χ2n) is 9.37. The number of aliphatic carboxylic acids is 1. The van der Waals surface area contributed by atoms with Gasteiger partial charge in [0.1, 0.15) is 11.9 Å². The fourth-order valence-corrected chi connectivity index (χ4v) is 5.36. The molecule has 0 unspecified atom stereocenters. The Hall–Kier alpha value is -3.26. The molecule has 3 aromatic rings. The lowest BCUT2D eigenvalue weighted by atomic mass is 9.99. The maximum Gasteiger partial charge on any atom is 0.305 e. The van der Waals surface area contributed by atoms with Crippen molar-refractivity contribution < 1.29 is 19.1 Å². The summed E-state index contributed by atoms with van der Waals surface area (Å²) >= 11 is 1.49. The molecule has 0 aliphatic carbocycles. The van der Waals surface area contributed by atoms with Gasteiger partial charge >= 0.3 is 5.97 Å². The Labute approximate surface area is 208 Å². The molecule has 0 saturated heterocycles. The van der Waals surface area contributed by atoms with Crippen LogP contribution in [0.15, 0.2) is 46.7 Å². The first kappa shape index (κ1) is 26.3. The van der Waals surface area contributed by atoms with Crippen molar-refractivity contribution in [1.82, 2.24) is 9.88 Å². The standard InChI is InChI=1S/C27H31FN2O4S/c1-15(2)9-22(30-13-20(28)18(5)10-24(30)31)27(34)29-21(12-25(32)33)19-11-23(35-14-19)26-16(3)7-6-8-17(26)4/h6-8,10-11,13-15,21-22H,9,12H2,1-5H3,(H,29,34)(H,32,33)/t21-,22+/m0/s1. The van der Waals surface area contributed by atoms with Gasteiger partial charge in [0, 0.05) is 17.1 Å². The predicted octanol–water partition coefficient (Wildman–Crippen LogP) is 5.56. The van der Waals surface area contributed by atoms with Crippen LogP contribution in [-0.2, 0) is 9.59 Å². The van der Waals surface area contributed by atoms with Gasteiger partial charge in [-0.15, -0.1) is 11.3 Å². The van der Waals surface area contributed by atoms with Gasteiger partial charge in [-0.25, -0.2) is 4.39 Å². The number of carboxylic acid groups (broad SMARTS) is 1. The second-order valence-corrected chi connectivity index (χ2v) is 10.3. The SMILES string of the molecule is Cc1cc(=O)n([C@H](CC(C)C)C(=O)N[C@@H](CC(=O)O)c2csc(-c3c(C)cccc3C)c2)cc1F. The number of rotatable bonds is 9. The fourth-order valence-electron chi connectivity index (χ4n) is 4.22. The summed E-state index contributed by atoms with van der Waals surface area (Å²) in [7, 11) is 0. The number of aryl methyl sites for hydroxylation is 3. The predicted molar refractivity (Wildman–Crippen MR) is 136 cm³/mol. The average Bonchev–Trinajstić information content (AvgIpc) is 3.23. The molecular formula is C27H31FN2O4S. The number of amides is 1. The molecule has 2 aromatic heterocycles. The van der Waals surface area contributed by atoms with Crippen molar-refractivity contribution in [3.05, 3.63) is 80.3 Å². The first-order valence-corrected chi connectivity index (χ1v) is 12.4. The third-order valence-corrected chi connectivity index (χ3v) is 6.97. The van der Waals surface area contributed by atoms with E-state index in [4.69, 9.17) is 0 Å². The molecule has 186 valence electrons. The topological polar surface area (TPSA) is 88.4 Å². The minimum atomic E-state index is -1.06. The minimum absolute atomic E-state index is 0.0386. The van der Waals surface area contributed by atoms with Crippen LogP contribution in [0.1, 0.15) is 61.0 Å². The van der Waals surface area contributed by atoms with E-state index < -0.39 is 35.3 Å². The number of nitrogens with zero attached hydrogens (tertiary/aromatic N) is 1. The van der Waals surface area contributed by atoms with Crippen LogP contribution in [0.5, 0.6) is 0 Å². The van der Waals surface area contributed by atoms with Crippen LogP contribution in [0.2, 0.25) is 0 Å². The van der Waals surface area contributed by atoms with Gasteiger partial charge < -0.3 is 15.0 Å². The maximum absolute atomic E-state index is 14.3. The number of hydrogen-bond acceptors (Lipinski definition) is 4. The summed E-state index contributed by atoms with van der Waals surface area (Å²) in [6.07, 6.45) is 1.03. The number of aromatic nitrogens is 1. The summed E-state index contributed by atoms with van der Waals surface area (Å²) < 4.78 is 15.4. The summed E-state index contributed by atoms with van der Waals surface area (Å²) in [5.74, 6) is -2.12. The third kappa shape index (κ3) is 6.25. The van der Waals surface area contributed by atoms with Crippen molar-refractivity contribution in [2.45, 2.75) is 59.5 Å². The van der Waals surface area contributed by atoms with E-state index in [0.29, 0.717) is 12.0 Å². The number of halogens is 1. The zero-order chi connectivity index (χ0) is 25.9. The Balaban J connectivity index is 1.96. The first-order valence-electron chi connectivity index (χ1n) is 11.5. The molecule has 2 heterocycles. The lowest BCUT2D eigenvalue weighted by molar-refractivity contribution is -0.138. The van der Waals surface area contributed by atoms with E-state index >= 15 is 0 Å². The largest absolute Gasteiger partial charge is 0.481 e. The molecule has 0 saturated carbocycles. The third-order valence-electron chi connectivity index (χ3n) is 6.00. The Morgan fingerprint density at radius 3 is 2.37 bits per heavy atom. The smallest absolute Gasteiger partial charge is 0.305 e. The molecule has 0 aliphatic rings. The van der Waals surface area contributed by atoms with Gasteiger partial charge in [-0.1, -0.05) is 32.0 Å². The van der Waals surface area contributed by atoms with Crippen molar-refractivity contribution in [2.75, 3.05) is 0 Å². The van der Waals surface area contributed by atoms with E-state index in [9.17, 15) is 23.9 Å². The molecule has 0 aliphatic heterocycles. The van der Waals surface area contributed by atoms with Crippen molar-refractivity contribution in [3.63, 3.8) is 0 Å². The molecule has 0 bridgehead atoms. The van der Waals surface area contributed by atoms with E-state index in [1.807, 2.05) is 57.3 Å². The monoisotopic (exact) mass is 498 g/mol. The number of carboxylic acids is 1. The average molecular weight is 499 g/mol. The number of thiophene rings is 1. The molecular weight excluding hydrogens is 467 g/mol. The van der Waals surface area contributed by atoms with Crippen LogP contribution in [0.25, 0.3) is 10.4 Å². The Kier molecular flexibility index (Phi) is 8.27. The molecule has 2 N–H and O–H groups in total. The number of carbonyl (C=O) groups excluding carboxylic acids is 1. The Morgan fingerprint density at radius 1 is 1.11 bits per heavy atom. The molecule has 1 aromatic carbocycles. The maximum atomic E-state index is 14.3. The molecule has 2 atom stereocenters. The summed E-state index contributed by atoms with van der Waals surface area (Å²) in [6, 6.07) is 7.34. The lowest BCUT2D eigenvalue weighted by Gasteiger charge is -2.24. The van der Waals surface area contributed by atoms with Crippen molar-refractivity contribution in [1.29, 1.82) is 0 Å². The van der Waals surface area contributed by atoms with Gasteiger partial charge in [-0.3, -0.25) is 14.4 Å². The normalized spacial score (nSPS) is 13.0. The number of benzene rings is 1. The van der Waals surface area contributed by atoms with Gasteiger partial charge in [-0.05, 0) is 72.4 Å². The summed E-state index contributed by atoms with van der Waals surface area (Å²) in [6.45, 7) is 9.34. The molecule has 0 radical (unpaired) electrons. The van der Waals surface area contributed by atoms with E-state index in [1.165, 1.54) is 24.3 Å². The number of hydrogen-bond donors (Lipinski definition) is 2. The molecule has 35 heavy (non-hydrogen) atoms. The Morgan fingerprint density at radius 2 is 1.77 bits per heavy atom. The van der Waals surface area contributed by atoms with Crippen LogP contribution in [0.4, 0.5) is 4.39 Å². The lowest BCUT2D eigenvalue weighted by Crippen LogP contribution is -2.40. The molecule has 6 nitrogen and oxygen atoms in total. The zero-order valence-corrected chi connectivity index (χ0v) is 21.4. The van der Waals surface area contributed by atoms with E-state index in [2.05, 4.69) is 5.32 Å². The van der Waals surface area contributed by atoms with Crippen LogP contribution in [0, 0.1) is 32.5 Å². The highest BCUT2D eigenvalue weighted by Crippen LogP contribution is 2.35. The van der Waals surface area contributed by atoms with Crippen LogP contribution in [-0.4, -0.2) is 21.6 Å². The summed E-state index contributed by atoms with van der Waals surface area (Å²) in [5, 5.41) is 14.2. The summed E-state index contributed by atoms with van der Waals surface area (Å²) in [4.78, 5) is 38.6. The molecule has 0 fully saturated rings. The number of pyridine rings is 1. The van der Waals surface area contributed by atoms with Gasteiger partial charge in [0.25, 0.3) is 5.56 Å². The van der Waals surface area contributed by atoms with Gasteiger partial charge in [0.2, 0.25) is 5.91 Å². The van der Waals surface area contributed by atoms with Gasteiger partial charge in [0.15, 0.2) is 0 Å². The fraction of sp³-hybridized carbons (Fsp3) is 0.370. The van der Waals surface area contributed by atoms with E-state index in [-0.39, 0.29) is 17.9 Å². The molecule has 3 rings (SSSR count). The van der Waals surface area contributed by atoms with Crippen LogP contribution < -0.4 is 10.9 Å². The Bertz CT molecular complexity index is 1270. The van der Waals surface area contributed by atoms with Crippen molar-refractivity contribution >= 4 is 23.2 Å². The van der Waals surface area contributed by atoms with Gasteiger partial charge in [-0.2, -0.15) is 0 Å². The van der Waals surface area contributed by atoms with E-state index in [1.54, 1.807) is 0 Å². The molecule has 0 spiro atoms. The van der Waals surface area contributed by atoms with Gasteiger partial charge in [0.05, 0.1) is 12.5 Å². The number of carbonyl (C=O) groups is 2. The quantitative estimate of drug-likeness (QED) is 0.404. The highest BCUT2D eigenvalue weighted by atomic mass is 32.1. The first-order chi connectivity index (χ1) is 16.5. The summed E-state index contributed by atoms with van der Waals surface area (Å²) in [5.41, 5.74) is 3.70. The van der Waals surface area contributed by atoms with Crippen molar-refractivity contribution in [2.24, 2.45) is 5.92 Å². The highest BCUT2D eigenvalue weighted by Gasteiger charge is 2.28. The van der Waals surface area contributed by atoms with E-state index in [0.717, 1.165) is 32.3 Å². The van der Waals surface area contributed by atoms with Crippen molar-refractivity contribution in [3.8, 4) is 10.4 Å². The zero-order valence-electron chi connectivity index (χ0n) is 20.6. The van der Waals surface area contributed by atoms with Crippen LogP contribution >= 0.6 is 11.3 Å². The number of nitrogens with one attached hydrogen (secondary N) is 1. The van der Waals surface area contributed by atoms with Crippen LogP contribution in [0.3, 0.4) is 0 Å². The highest BCUT2D eigenvalue weighted by molar-refractivity contribution is 7.13. The second kappa shape index (κ2) is 11.0. The molecule has 8 heteroatoms. The molecule has 1 amide bonds.